The summed E-state index contributed by atoms with van der Waals surface area (Å²) >= 11 is 0. The molecule has 174 valence electrons. The summed E-state index contributed by atoms with van der Waals surface area (Å²) in [4.78, 5) is 12.7. The van der Waals surface area contributed by atoms with Gasteiger partial charge in [-0.15, -0.1) is 0 Å². The molecule has 7 heteroatoms. The van der Waals surface area contributed by atoms with Gasteiger partial charge in [-0.05, 0) is 48.1 Å². The Morgan fingerprint density at radius 3 is 2.63 bits per heavy atom. The van der Waals surface area contributed by atoms with Crippen LogP contribution in [-0.4, -0.2) is 9.96 Å². The first kappa shape index (κ1) is 24.0. The molecule has 1 atom stereocenters. The van der Waals surface area contributed by atoms with Crippen LogP contribution < -0.4 is 5.63 Å². The van der Waals surface area contributed by atoms with Crippen LogP contribution in [0.4, 0.5) is 0 Å². The van der Waals surface area contributed by atoms with Crippen molar-refractivity contribution in [2.45, 2.75) is 32.9 Å². The highest BCUT2D eigenvalue weighted by atomic mass is 32.2. The van der Waals surface area contributed by atoms with E-state index in [-0.39, 0.29) is 11.0 Å². The third kappa shape index (κ3) is 5.35. The largest absolute Gasteiger partial charge is 0.461 e. The molecule has 0 N–H and O–H groups in total. The Hall–Kier alpha value is -4.12. The number of nitrogens with zero attached hydrogens (tertiary/aromatic N) is 2. The number of nitriles is 2. The van der Waals surface area contributed by atoms with Crippen molar-refractivity contribution < 1.29 is 13.4 Å². The monoisotopic (exact) mass is 482 g/mol. The molecule has 4 rings (SSSR count). The molecule has 1 unspecified atom stereocenters. The fourth-order valence-electron chi connectivity index (χ4n) is 3.59. The highest BCUT2D eigenvalue weighted by Crippen LogP contribution is 2.34. The molecule has 0 fully saturated rings. The average Bonchev–Trinajstić information content (AvgIpc) is 2.80. The van der Waals surface area contributed by atoms with E-state index in [1.54, 1.807) is 36.4 Å². The molecule has 2 aliphatic rings. The summed E-state index contributed by atoms with van der Waals surface area (Å²) in [5.41, 5.74) is 1.84. The van der Waals surface area contributed by atoms with Crippen LogP contribution in [0.25, 0.3) is 17.0 Å². The number of hydrogen-bond donors (Lipinski definition) is 0. The number of benzene rings is 1. The van der Waals surface area contributed by atoms with Crippen LogP contribution in [0.15, 0.2) is 68.3 Å². The van der Waals surface area contributed by atoms with Gasteiger partial charge in [0, 0.05) is 50.7 Å². The van der Waals surface area contributed by atoms with Crippen molar-refractivity contribution in [1.82, 2.24) is 0 Å². The Bertz CT molecular complexity index is 1570. The van der Waals surface area contributed by atoms with Crippen molar-refractivity contribution >= 4 is 27.8 Å². The molecular weight excluding hydrogens is 460 g/mol. The SMILES string of the molecule is CC(C)(C)C1=CC(=C(C#N)C#N)C=C(/C=C/c2cc3cc4c(cc3oc2=O)C#CCCS(=O)C4)O1. The van der Waals surface area contributed by atoms with E-state index in [2.05, 4.69) is 11.8 Å². The van der Waals surface area contributed by atoms with E-state index in [0.29, 0.717) is 51.6 Å². The predicted molar refractivity (Wildman–Crippen MR) is 135 cm³/mol. The summed E-state index contributed by atoms with van der Waals surface area (Å²) in [6.45, 7) is 5.88. The maximum atomic E-state index is 12.7. The van der Waals surface area contributed by atoms with Crippen LogP contribution in [-0.2, 0) is 21.3 Å². The maximum absolute atomic E-state index is 12.7. The highest BCUT2D eigenvalue weighted by molar-refractivity contribution is 7.84. The number of ether oxygens (including phenoxy) is 1. The minimum Gasteiger partial charge on any atom is -0.461 e. The van der Waals surface area contributed by atoms with Crippen LogP contribution in [0.3, 0.4) is 0 Å². The van der Waals surface area contributed by atoms with Crippen LogP contribution >= 0.6 is 0 Å². The van der Waals surface area contributed by atoms with Crippen molar-refractivity contribution in [1.29, 1.82) is 10.5 Å². The highest BCUT2D eigenvalue weighted by Gasteiger charge is 2.24. The second kappa shape index (κ2) is 9.63. The zero-order valence-corrected chi connectivity index (χ0v) is 20.4. The molecule has 1 aromatic heterocycles. The van der Waals surface area contributed by atoms with Crippen molar-refractivity contribution in [2.75, 3.05) is 5.75 Å². The Balaban J connectivity index is 1.74. The predicted octanol–water partition coefficient (Wildman–Crippen LogP) is 5.00. The molecule has 0 amide bonds. The van der Waals surface area contributed by atoms with Gasteiger partial charge in [0.25, 0.3) is 0 Å². The fourth-order valence-corrected chi connectivity index (χ4v) is 4.65. The second-order valence-electron chi connectivity index (χ2n) is 9.17. The van der Waals surface area contributed by atoms with Crippen LogP contribution in [0.5, 0.6) is 0 Å². The zero-order valence-electron chi connectivity index (χ0n) is 19.6. The zero-order chi connectivity index (χ0) is 25.2. The molecule has 2 aliphatic heterocycles. The van der Waals surface area contributed by atoms with Crippen molar-refractivity contribution in [2.24, 2.45) is 5.41 Å². The van der Waals surface area contributed by atoms with Gasteiger partial charge in [0.2, 0.25) is 0 Å². The first-order chi connectivity index (χ1) is 16.7. The Morgan fingerprint density at radius 1 is 1.14 bits per heavy atom. The molecule has 0 saturated carbocycles. The van der Waals surface area contributed by atoms with Gasteiger partial charge in [-0.2, -0.15) is 10.5 Å². The Morgan fingerprint density at radius 2 is 1.91 bits per heavy atom. The minimum absolute atomic E-state index is 0.0249. The normalized spacial score (nSPS) is 17.5. The van der Waals surface area contributed by atoms with E-state index in [0.717, 1.165) is 11.1 Å². The van der Waals surface area contributed by atoms with Gasteiger partial charge in [0.1, 0.15) is 34.8 Å². The van der Waals surface area contributed by atoms with Gasteiger partial charge in [-0.3, -0.25) is 4.21 Å². The summed E-state index contributed by atoms with van der Waals surface area (Å²) < 4.78 is 23.8. The molecule has 6 nitrogen and oxygen atoms in total. The molecule has 0 bridgehead atoms. The third-order valence-electron chi connectivity index (χ3n) is 5.47. The van der Waals surface area contributed by atoms with E-state index in [9.17, 15) is 19.5 Å². The molecular formula is C28H22N2O4S. The molecule has 35 heavy (non-hydrogen) atoms. The van der Waals surface area contributed by atoms with E-state index in [4.69, 9.17) is 9.15 Å². The lowest BCUT2D eigenvalue weighted by atomic mass is 9.90. The summed E-state index contributed by atoms with van der Waals surface area (Å²) in [7, 11) is -0.998. The number of hydrogen-bond acceptors (Lipinski definition) is 6. The topological polar surface area (TPSA) is 104 Å². The number of allylic oxidation sites excluding steroid dienone is 6. The van der Waals surface area contributed by atoms with Crippen LogP contribution in [0, 0.1) is 39.9 Å². The summed E-state index contributed by atoms with van der Waals surface area (Å²) in [5.74, 6) is 8.02. The lowest BCUT2D eigenvalue weighted by Crippen LogP contribution is -2.15. The van der Waals surface area contributed by atoms with E-state index < -0.39 is 16.4 Å². The van der Waals surface area contributed by atoms with Gasteiger partial charge in [0.05, 0.1) is 5.56 Å². The van der Waals surface area contributed by atoms with Gasteiger partial charge in [-0.1, -0.05) is 32.6 Å². The van der Waals surface area contributed by atoms with E-state index >= 15 is 0 Å². The second-order valence-corrected chi connectivity index (χ2v) is 10.7. The average molecular weight is 483 g/mol. The Kier molecular flexibility index (Phi) is 6.61. The third-order valence-corrected chi connectivity index (χ3v) is 6.76. The van der Waals surface area contributed by atoms with Gasteiger partial charge in [0.15, 0.2) is 0 Å². The maximum Gasteiger partial charge on any atom is 0.343 e. The summed E-state index contributed by atoms with van der Waals surface area (Å²) in [6, 6.07) is 9.12. The van der Waals surface area contributed by atoms with Crippen molar-refractivity contribution in [3.05, 3.63) is 86.2 Å². The van der Waals surface area contributed by atoms with Gasteiger partial charge >= 0.3 is 5.63 Å². The molecule has 1 aromatic carbocycles. The first-order valence-electron chi connectivity index (χ1n) is 11.0. The Labute approximate surface area is 206 Å². The van der Waals surface area contributed by atoms with Crippen LogP contribution in [0.2, 0.25) is 0 Å². The van der Waals surface area contributed by atoms with Crippen molar-refractivity contribution in [3.8, 4) is 24.0 Å². The van der Waals surface area contributed by atoms with Gasteiger partial charge < -0.3 is 9.15 Å². The fraction of sp³-hybridized carbons (Fsp3) is 0.250. The first-order valence-corrected chi connectivity index (χ1v) is 12.5. The lowest BCUT2D eigenvalue weighted by Gasteiger charge is -2.26. The van der Waals surface area contributed by atoms with Crippen LogP contribution in [0.1, 0.15) is 43.9 Å². The lowest BCUT2D eigenvalue weighted by molar-refractivity contribution is 0.223. The van der Waals surface area contributed by atoms with Crippen molar-refractivity contribution in [3.63, 3.8) is 0 Å². The molecule has 2 aromatic rings. The van der Waals surface area contributed by atoms with E-state index in [1.165, 1.54) is 0 Å². The molecule has 0 radical (unpaired) electrons. The molecule has 3 heterocycles. The molecule has 0 spiro atoms. The molecule has 0 aliphatic carbocycles. The summed E-state index contributed by atoms with van der Waals surface area (Å²) in [6.07, 6.45) is 7.03. The minimum atomic E-state index is -0.998. The standard InChI is InChI=1S/C28H22N2O4S/c1-28(2,3)26-14-20(23(15-29)16-30)12-24(33-26)8-7-19-10-21-11-22-17-35(32)9-5-4-6-18(22)13-25(21)34-27(19)31/h7-8,10-14H,5,9,17H2,1-3H3/b8-7+. The quantitative estimate of drug-likeness (QED) is 0.339. The smallest absolute Gasteiger partial charge is 0.343 e. The summed E-state index contributed by atoms with van der Waals surface area (Å²) in [5, 5.41) is 19.3. The van der Waals surface area contributed by atoms with Gasteiger partial charge in [-0.25, -0.2) is 4.79 Å². The number of fused-ring (bicyclic) bond motifs is 2. The molecule has 0 saturated heterocycles. The number of rotatable bonds is 2. The van der Waals surface area contributed by atoms with E-state index in [1.807, 2.05) is 39.0 Å².